The number of benzene rings is 3. The Morgan fingerprint density at radius 3 is 2.29 bits per heavy atom. The lowest BCUT2D eigenvalue weighted by Crippen LogP contribution is -2.15. The van der Waals surface area contributed by atoms with E-state index < -0.39 is 0 Å². The average Bonchev–Trinajstić information content (AvgIpc) is 2.71. The molecule has 1 N–H and O–H groups in total. The quantitative estimate of drug-likeness (QED) is 0.588. The van der Waals surface area contributed by atoms with Crippen molar-refractivity contribution in [1.29, 1.82) is 0 Å². The van der Waals surface area contributed by atoms with Crippen LogP contribution in [0.5, 0.6) is 11.5 Å². The molecule has 3 aromatic rings. The molecule has 0 unspecified atom stereocenters. The Labute approximate surface area is 169 Å². The van der Waals surface area contributed by atoms with E-state index in [0.717, 1.165) is 26.6 Å². The highest BCUT2D eigenvalue weighted by molar-refractivity contribution is 7.99. The topological polar surface area (TPSA) is 47.6 Å². The molecule has 0 aliphatic rings. The Kier molecular flexibility index (Phi) is 6.61. The van der Waals surface area contributed by atoms with Crippen molar-refractivity contribution in [2.75, 3.05) is 19.5 Å². The summed E-state index contributed by atoms with van der Waals surface area (Å²) < 4.78 is 10.7. The Bertz CT molecular complexity index is 957. The predicted molar refractivity (Wildman–Crippen MR) is 114 cm³/mol. The third-order valence-corrected chi connectivity index (χ3v) is 5.41. The van der Waals surface area contributed by atoms with E-state index in [4.69, 9.17) is 9.47 Å². The highest BCUT2D eigenvalue weighted by Crippen LogP contribution is 2.34. The lowest BCUT2D eigenvalue weighted by atomic mass is 10.0. The van der Waals surface area contributed by atoms with Crippen LogP contribution in [0.25, 0.3) is 0 Å². The van der Waals surface area contributed by atoms with Gasteiger partial charge < -0.3 is 14.8 Å². The van der Waals surface area contributed by atoms with Crippen molar-refractivity contribution in [1.82, 2.24) is 0 Å². The summed E-state index contributed by atoms with van der Waals surface area (Å²) in [5.41, 5.74) is 2.70. The summed E-state index contributed by atoms with van der Waals surface area (Å²) >= 11 is 1.63. The van der Waals surface area contributed by atoms with Gasteiger partial charge in [-0.1, -0.05) is 42.1 Å². The Balaban J connectivity index is 1.76. The molecule has 0 aliphatic carbocycles. The molecular formula is C23H23NO3S. The Morgan fingerprint density at radius 1 is 0.929 bits per heavy atom. The molecule has 0 fully saturated rings. The van der Waals surface area contributed by atoms with Gasteiger partial charge in [-0.3, -0.25) is 4.79 Å². The van der Waals surface area contributed by atoms with Crippen LogP contribution in [0.3, 0.4) is 0 Å². The van der Waals surface area contributed by atoms with E-state index in [-0.39, 0.29) is 12.3 Å². The van der Waals surface area contributed by atoms with Crippen LogP contribution in [-0.2, 0) is 11.2 Å². The van der Waals surface area contributed by atoms with E-state index in [1.807, 2.05) is 61.5 Å². The molecule has 3 rings (SSSR count). The van der Waals surface area contributed by atoms with Crippen molar-refractivity contribution < 1.29 is 14.3 Å². The van der Waals surface area contributed by atoms with Crippen molar-refractivity contribution >= 4 is 23.4 Å². The van der Waals surface area contributed by atoms with Gasteiger partial charge >= 0.3 is 0 Å². The molecule has 5 heteroatoms. The van der Waals surface area contributed by atoms with Gasteiger partial charge in [0.1, 0.15) is 0 Å². The van der Waals surface area contributed by atoms with Crippen molar-refractivity contribution in [3.63, 3.8) is 0 Å². The number of carbonyl (C=O) groups excluding carboxylic acids is 1. The second-order valence-corrected chi connectivity index (χ2v) is 7.39. The first-order valence-electron chi connectivity index (χ1n) is 8.94. The van der Waals surface area contributed by atoms with Crippen molar-refractivity contribution in [2.45, 2.75) is 23.1 Å². The smallest absolute Gasteiger partial charge is 0.228 e. The number of aryl methyl sites for hydroxylation is 1. The molecule has 0 aliphatic heterocycles. The molecule has 0 saturated heterocycles. The van der Waals surface area contributed by atoms with E-state index >= 15 is 0 Å². The first kappa shape index (κ1) is 19.8. The molecule has 0 aromatic heterocycles. The fourth-order valence-electron chi connectivity index (χ4n) is 2.85. The van der Waals surface area contributed by atoms with Gasteiger partial charge in [-0.05, 0) is 54.4 Å². The average molecular weight is 394 g/mol. The van der Waals surface area contributed by atoms with Gasteiger partial charge in [0.25, 0.3) is 0 Å². The van der Waals surface area contributed by atoms with E-state index in [9.17, 15) is 4.79 Å². The van der Waals surface area contributed by atoms with Crippen LogP contribution < -0.4 is 14.8 Å². The summed E-state index contributed by atoms with van der Waals surface area (Å²) in [6.07, 6.45) is 0.260. The third-order valence-electron chi connectivity index (χ3n) is 4.33. The number of rotatable bonds is 7. The standard InChI is InChI=1S/C23H23NO3S/c1-16-13-20(26-2)21(27-3)14-17(16)15-23(25)24-19-11-7-8-12-22(19)28-18-9-5-4-6-10-18/h4-14H,15H2,1-3H3,(H,24,25). The molecule has 0 radical (unpaired) electrons. The van der Waals surface area contributed by atoms with Crippen LogP contribution in [0.15, 0.2) is 76.5 Å². The number of ether oxygens (including phenoxy) is 2. The van der Waals surface area contributed by atoms with Crippen LogP contribution in [-0.4, -0.2) is 20.1 Å². The maximum Gasteiger partial charge on any atom is 0.228 e. The fourth-order valence-corrected chi connectivity index (χ4v) is 3.78. The molecule has 0 bridgehead atoms. The van der Waals surface area contributed by atoms with Crippen LogP contribution >= 0.6 is 11.8 Å². The number of carbonyl (C=O) groups is 1. The Hall–Kier alpha value is -2.92. The maximum absolute atomic E-state index is 12.7. The number of hydrogen-bond donors (Lipinski definition) is 1. The molecular weight excluding hydrogens is 370 g/mol. The lowest BCUT2D eigenvalue weighted by molar-refractivity contribution is -0.115. The van der Waals surface area contributed by atoms with E-state index in [0.29, 0.717) is 11.5 Å². The summed E-state index contributed by atoms with van der Waals surface area (Å²) in [5.74, 6) is 1.21. The van der Waals surface area contributed by atoms with Gasteiger partial charge in [0.2, 0.25) is 5.91 Å². The number of para-hydroxylation sites is 1. The minimum absolute atomic E-state index is 0.0727. The number of nitrogens with one attached hydrogen (secondary N) is 1. The maximum atomic E-state index is 12.7. The SMILES string of the molecule is COc1cc(C)c(CC(=O)Nc2ccccc2Sc2ccccc2)cc1OC. The number of methoxy groups -OCH3 is 2. The minimum Gasteiger partial charge on any atom is -0.493 e. The van der Waals surface area contributed by atoms with Crippen LogP contribution in [0.4, 0.5) is 5.69 Å². The van der Waals surface area contributed by atoms with Gasteiger partial charge in [0.05, 0.1) is 26.3 Å². The zero-order valence-electron chi connectivity index (χ0n) is 16.2. The highest BCUT2D eigenvalue weighted by atomic mass is 32.2. The molecule has 1 amide bonds. The van der Waals surface area contributed by atoms with Gasteiger partial charge in [-0.15, -0.1) is 0 Å². The summed E-state index contributed by atoms with van der Waals surface area (Å²) in [7, 11) is 3.19. The molecule has 4 nitrogen and oxygen atoms in total. The lowest BCUT2D eigenvalue weighted by Gasteiger charge is -2.14. The first-order chi connectivity index (χ1) is 13.6. The van der Waals surface area contributed by atoms with E-state index in [2.05, 4.69) is 17.4 Å². The number of amides is 1. The third kappa shape index (κ3) is 4.87. The zero-order valence-corrected chi connectivity index (χ0v) is 17.0. The largest absolute Gasteiger partial charge is 0.493 e. The van der Waals surface area contributed by atoms with Gasteiger partial charge in [-0.25, -0.2) is 0 Å². The highest BCUT2D eigenvalue weighted by Gasteiger charge is 2.13. The van der Waals surface area contributed by atoms with Crippen molar-refractivity contribution in [3.8, 4) is 11.5 Å². The van der Waals surface area contributed by atoms with Crippen LogP contribution in [0, 0.1) is 6.92 Å². The number of hydrogen-bond acceptors (Lipinski definition) is 4. The van der Waals surface area contributed by atoms with Gasteiger partial charge in [-0.2, -0.15) is 0 Å². The molecule has 144 valence electrons. The predicted octanol–water partition coefficient (Wildman–Crippen LogP) is 5.34. The van der Waals surface area contributed by atoms with Gasteiger partial charge in [0, 0.05) is 9.79 Å². The van der Waals surface area contributed by atoms with Crippen LogP contribution in [0.1, 0.15) is 11.1 Å². The minimum atomic E-state index is -0.0727. The molecule has 0 atom stereocenters. The fraction of sp³-hybridized carbons (Fsp3) is 0.174. The van der Waals surface area contributed by atoms with Crippen molar-refractivity contribution in [2.24, 2.45) is 0 Å². The second-order valence-electron chi connectivity index (χ2n) is 6.27. The molecule has 0 heterocycles. The number of anilines is 1. The zero-order chi connectivity index (χ0) is 19.9. The monoisotopic (exact) mass is 393 g/mol. The summed E-state index contributed by atoms with van der Waals surface area (Å²) in [5, 5.41) is 3.04. The van der Waals surface area contributed by atoms with Gasteiger partial charge in [0.15, 0.2) is 11.5 Å². The molecule has 0 saturated carbocycles. The molecule has 28 heavy (non-hydrogen) atoms. The summed E-state index contributed by atoms with van der Waals surface area (Å²) in [6, 6.07) is 21.7. The summed E-state index contributed by atoms with van der Waals surface area (Å²) in [4.78, 5) is 14.8. The molecule has 3 aromatic carbocycles. The molecule has 0 spiro atoms. The second kappa shape index (κ2) is 9.33. The summed E-state index contributed by atoms with van der Waals surface area (Å²) in [6.45, 7) is 1.96. The van der Waals surface area contributed by atoms with Crippen LogP contribution in [0.2, 0.25) is 0 Å². The van der Waals surface area contributed by atoms with E-state index in [1.165, 1.54) is 0 Å². The van der Waals surface area contributed by atoms with E-state index in [1.54, 1.807) is 26.0 Å². The van der Waals surface area contributed by atoms with Crippen molar-refractivity contribution in [3.05, 3.63) is 77.9 Å². The normalized spacial score (nSPS) is 10.4. The first-order valence-corrected chi connectivity index (χ1v) is 9.75. The Morgan fingerprint density at radius 2 is 1.57 bits per heavy atom.